The Hall–Kier alpha value is -1.83. The molecule has 0 saturated heterocycles. The molecule has 0 bridgehead atoms. The van der Waals surface area contributed by atoms with Crippen LogP contribution in [0.5, 0.6) is 5.75 Å². The van der Waals surface area contributed by atoms with Gasteiger partial charge in [-0.15, -0.1) is 0 Å². The summed E-state index contributed by atoms with van der Waals surface area (Å²) in [4.78, 5) is 11.7. The van der Waals surface area contributed by atoms with E-state index in [1.165, 1.54) is 19.3 Å². The topological polar surface area (TPSA) is 26.3 Å². The van der Waals surface area contributed by atoms with Gasteiger partial charge in [-0.2, -0.15) is 0 Å². The molecule has 0 aliphatic carbocycles. The van der Waals surface area contributed by atoms with Crippen molar-refractivity contribution in [3.05, 3.63) is 48.1 Å². The van der Waals surface area contributed by atoms with E-state index in [-0.39, 0.29) is 11.2 Å². The van der Waals surface area contributed by atoms with E-state index >= 15 is 0 Å². The van der Waals surface area contributed by atoms with Crippen LogP contribution in [0.4, 0.5) is 0 Å². The maximum atomic E-state index is 11.7. The number of benzene rings is 1. The summed E-state index contributed by atoms with van der Waals surface area (Å²) in [5.41, 5.74) is 0.775. The third kappa shape index (κ3) is 8.39. The predicted octanol–water partition coefficient (Wildman–Crippen LogP) is 5.83. The van der Waals surface area contributed by atoms with E-state index in [0.29, 0.717) is 0 Å². The van der Waals surface area contributed by atoms with Crippen LogP contribution < -0.4 is 4.74 Å². The fraction of sp³-hybridized carbons (Fsp3) is 0.476. The van der Waals surface area contributed by atoms with Crippen LogP contribution in [0.3, 0.4) is 0 Å². The molecule has 1 aromatic rings. The van der Waals surface area contributed by atoms with E-state index in [1.54, 1.807) is 12.2 Å². The quantitative estimate of drug-likeness (QED) is 0.325. The second-order valence-corrected chi connectivity index (χ2v) is 6.81. The normalized spacial score (nSPS) is 12.2. The molecule has 0 spiro atoms. The molecule has 1 rings (SSSR count). The first-order chi connectivity index (χ1) is 10.9. The molecule has 0 heterocycles. The van der Waals surface area contributed by atoms with Crippen molar-refractivity contribution in [3.8, 4) is 5.75 Å². The molecule has 0 aromatic heterocycles. The Morgan fingerprint density at radius 3 is 2.35 bits per heavy atom. The second kappa shape index (κ2) is 10.0. The fourth-order valence-corrected chi connectivity index (χ4v) is 1.95. The first-order valence-electron chi connectivity index (χ1n) is 8.55. The Balaban J connectivity index is 2.40. The molecule has 23 heavy (non-hydrogen) atoms. The highest BCUT2D eigenvalue weighted by Crippen LogP contribution is 2.16. The van der Waals surface area contributed by atoms with Gasteiger partial charge in [0.15, 0.2) is 5.78 Å². The third-order valence-electron chi connectivity index (χ3n) is 3.53. The van der Waals surface area contributed by atoms with Gasteiger partial charge in [0.2, 0.25) is 0 Å². The molecule has 1 aromatic carbocycles. The zero-order valence-corrected chi connectivity index (χ0v) is 15.0. The molecule has 126 valence electrons. The van der Waals surface area contributed by atoms with E-state index in [9.17, 15) is 4.79 Å². The Labute approximate surface area is 141 Å². The number of carbonyl (C=O) groups excluding carboxylic acids is 1. The van der Waals surface area contributed by atoms with Crippen molar-refractivity contribution in [1.82, 2.24) is 0 Å². The highest BCUT2D eigenvalue weighted by Gasteiger charge is 2.17. The first-order valence-corrected chi connectivity index (χ1v) is 8.55. The van der Waals surface area contributed by atoms with E-state index in [1.807, 2.05) is 57.2 Å². The summed E-state index contributed by atoms with van der Waals surface area (Å²) in [6.45, 7) is 8.76. The van der Waals surface area contributed by atoms with Gasteiger partial charge >= 0.3 is 0 Å². The van der Waals surface area contributed by atoms with Crippen LogP contribution in [0, 0.1) is 5.41 Å². The number of ketones is 1. The van der Waals surface area contributed by atoms with Crippen LogP contribution in [0.25, 0.3) is 6.08 Å². The number of allylic oxidation sites excluding steroid dienone is 3. The van der Waals surface area contributed by atoms with Crippen molar-refractivity contribution in [2.45, 2.75) is 53.4 Å². The summed E-state index contributed by atoms with van der Waals surface area (Å²) >= 11 is 0. The average molecular weight is 314 g/mol. The molecule has 2 nitrogen and oxygen atoms in total. The molecular formula is C21H30O2. The number of ether oxygens (including phenoxy) is 1. The zero-order valence-electron chi connectivity index (χ0n) is 15.0. The van der Waals surface area contributed by atoms with Crippen LogP contribution in [0.2, 0.25) is 0 Å². The molecule has 0 unspecified atom stereocenters. The van der Waals surface area contributed by atoms with Crippen LogP contribution in [0.15, 0.2) is 42.5 Å². The SMILES string of the molecule is CCCCCCOc1ccc(/C=C/C=C/C(=O)C(C)(C)C)cc1. The molecular weight excluding hydrogens is 284 g/mol. The highest BCUT2D eigenvalue weighted by molar-refractivity contribution is 5.94. The van der Waals surface area contributed by atoms with Crippen LogP contribution in [-0.2, 0) is 4.79 Å². The number of rotatable bonds is 9. The lowest BCUT2D eigenvalue weighted by molar-refractivity contribution is -0.121. The molecule has 0 aliphatic heterocycles. The van der Waals surface area contributed by atoms with Gasteiger partial charge in [-0.1, -0.05) is 77.3 Å². The minimum atomic E-state index is -0.319. The van der Waals surface area contributed by atoms with E-state index in [4.69, 9.17) is 4.74 Å². The van der Waals surface area contributed by atoms with Gasteiger partial charge in [0, 0.05) is 5.41 Å². The molecule has 0 fully saturated rings. The summed E-state index contributed by atoms with van der Waals surface area (Å²) < 4.78 is 5.72. The Morgan fingerprint density at radius 1 is 1.04 bits per heavy atom. The van der Waals surface area contributed by atoms with E-state index in [2.05, 4.69) is 6.92 Å². The standard InChI is InChI=1S/C21H30O2/c1-5-6-7-10-17-23-19-15-13-18(14-16-19)11-8-9-12-20(22)21(2,3)4/h8-9,11-16H,5-7,10,17H2,1-4H3/b11-8+,12-9+. The molecule has 0 N–H and O–H groups in total. The third-order valence-corrected chi connectivity index (χ3v) is 3.53. The number of unbranched alkanes of at least 4 members (excludes halogenated alkanes) is 3. The highest BCUT2D eigenvalue weighted by atomic mass is 16.5. The Kier molecular flexibility index (Phi) is 8.39. The lowest BCUT2D eigenvalue weighted by atomic mass is 9.91. The number of hydrogen-bond acceptors (Lipinski definition) is 2. The summed E-state index contributed by atoms with van der Waals surface area (Å²) in [5, 5.41) is 0. The number of hydrogen-bond donors (Lipinski definition) is 0. The van der Waals surface area contributed by atoms with Crippen LogP contribution in [0.1, 0.15) is 58.9 Å². The van der Waals surface area contributed by atoms with Crippen LogP contribution in [-0.4, -0.2) is 12.4 Å². The van der Waals surface area contributed by atoms with Gasteiger partial charge in [-0.3, -0.25) is 4.79 Å². The van der Waals surface area contributed by atoms with Gasteiger partial charge in [0.05, 0.1) is 6.61 Å². The summed E-state index contributed by atoms with van der Waals surface area (Å²) in [5.74, 6) is 1.05. The van der Waals surface area contributed by atoms with Crippen molar-refractivity contribution < 1.29 is 9.53 Å². The lowest BCUT2D eigenvalue weighted by Gasteiger charge is -2.12. The van der Waals surface area contributed by atoms with Crippen molar-refractivity contribution in [2.75, 3.05) is 6.61 Å². The van der Waals surface area contributed by atoms with Crippen LogP contribution >= 0.6 is 0 Å². The molecule has 0 atom stereocenters. The lowest BCUT2D eigenvalue weighted by Crippen LogP contribution is -2.17. The summed E-state index contributed by atoms with van der Waals surface area (Å²) in [6, 6.07) is 8.03. The predicted molar refractivity (Wildman–Crippen MR) is 98.7 cm³/mol. The van der Waals surface area contributed by atoms with Gasteiger partial charge in [-0.25, -0.2) is 0 Å². The monoisotopic (exact) mass is 314 g/mol. The Bertz CT molecular complexity index is 516. The average Bonchev–Trinajstić information content (AvgIpc) is 2.51. The van der Waals surface area contributed by atoms with Gasteiger partial charge in [0.25, 0.3) is 0 Å². The van der Waals surface area contributed by atoms with Crippen molar-refractivity contribution in [3.63, 3.8) is 0 Å². The van der Waals surface area contributed by atoms with Gasteiger partial charge in [-0.05, 0) is 30.2 Å². The largest absolute Gasteiger partial charge is 0.494 e. The van der Waals surface area contributed by atoms with Crippen molar-refractivity contribution in [2.24, 2.45) is 5.41 Å². The minimum absolute atomic E-state index is 0.133. The van der Waals surface area contributed by atoms with Crippen molar-refractivity contribution in [1.29, 1.82) is 0 Å². The zero-order chi connectivity index (χ0) is 17.1. The second-order valence-electron chi connectivity index (χ2n) is 6.81. The molecule has 0 amide bonds. The maximum Gasteiger partial charge on any atom is 0.160 e. The molecule has 0 aliphatic rings. The number of carbonyl (C=O) groups is 1. The molecule has 0 radical (unpaired) electrons. The van der Waals surface area contributed by atoms with E-state index in [0.717, 1.165) is 24.3 Å². The molecule has 2 heteroatoms. The van der Waals surface area contributed by atoms with E-state index < -0.39 is 0 Å². The minimum Gasteiger partial charge on any atom is -0.494 e. The smallest absolute Gasteiger partial charge is 0.160 e. The van der Waals surface area contributed by atoms with Gasteiger partial charge < -0.3 is 4.74 Å². The maximum absolute atomic E-state index is 11.7. The first kappa shape index (κ1) is 19.2. The Morgan fingerprint density at radius 2 is 1.74 bits per heavy atom. The fourth-order valence-electron chi connectivity index (χ4n) is 1.95. The van der Waals surface area contributed by atoms with Crippen molar-refractivity contribution >= 4 is 11.9 Å². The van der Waals surface area contributed by atoms with Gasteiger partial charge in [0.1, 0.15) is 5.75 Å². The summed E-state index contributed by atoms with van der Waals surface area (Å²) in [6.07, 6.45) is 12.2. The molecule has 0 saturated carbocycles. The summed E-state index contributed by atoms with van der Waals surface area (Å²) in [7, 11) is 0.